The van der Waals surface area contributed by atoms with E-state index in [1.807, 2.05) is 24.4 Å². The number of thiazole rings is 1. The first-order valence-corrected chi connectivity index (χ1v) is 10.4. The van der Waals surface area contributed by atoms with Crippen LogP contribution in [-0.4, -0.2) is 27.9 Å². The second kappa shape index (κ2) is 7.82. The van der Waals surface area contributed by atoms with Gasteiger partial charge in [0.1, 0.15) is 5.75 Å². The van der Waals surface area contributed by atoms with Crippen molar-refractivity contribution in [1.82, 2.24) is 14.3 Å². The number of benzene rings is 1. The zero-order chi connectivity index (χ0) is 18.8. The first kappa shape index (κ1) is 18.2. The number of likely N-dealkylation sites (tertiary alicyclic amines) is 1. The van der Waals surface area contributed by atoms with Gasteiger partial charge in [-0.25, -0.2) is 4.98 Å². The molecule has 1 aromatic carbocycles. The third-order valence-electron chi connectivity index (χ3n) is 5.36. The van der Waals surface area contributed by atoms with Gasteiger partial charge in [-0.15, -0.1) is 11.3 Å². The number of rotatable bonds is 4. The lowest BCUT2D eigenvalue weighted by Crippen LogP contribution is -2.29. The quantitative estimate of drug-likeness (QED) is 0.678. The molecule has 6 heteroatoms. The van der Waals surface area contributed by atoms with Crippen LogP contribution >= 0.6 is 11.3 Å². The summed E-state index contributed by atoms with van der Waals surface area (Å²) >= 11 is 1.53. The average Bonchev–Trinajstić information content (AvgIpc) is 2.90. The SMILES string of the molecule is COc1ccc(C2CCCCCN2Cc2cc(=O)n3c(C)csc3n2)cc1. The Morgan fingerprint density at radius 3 is 2.81 bits per heavy atom. The Bertz CT molecular complexity index is 977. The lowest BCUT2D eigenvalue weighted by molar-refractivity contribution is 0.190. The molecule has 4 rings (SSSR count). The minimum atomic E-state index is 0.0181. The number of fused-ring (bicyclic) bond motifs is 1. The van der Waals surface area contributed by atoms with Crippen LogP contribution in [0.1, 0.15) is 48.7 Å². The van der Waals surface area contributed by atoms with Crippen molar-refractivity contribution in [1.29, 1.82) is 0 Å². The van der Waals surface area contributed by atoms with E-state index in [1.165, 1.54) is 36.2 Å². The highest BCUT2D eigenvalue weighted by atomic mass is 32.1. The molecule has 1 aliphatic rings. The minimum Gasteiger partial charge on any atom is -0.497 e. The summed E-state index contributed by atoms with van der Waals surface area (Å²) in [6, 6.07) is 10.4. The number of hydrogen-bond acceptors (Lipinski definition) is 5. The molecule has 142 valence electrons. The van der Waals surface area contributed by atoms with E-state index in [0.717, 1.165) is 35.1 Å². The van der Waals surface area contributed by atoms with Crippen molar-refractivity contribution in [3.05, 3.63) is 63.0 Å². The second-order valence-corrected chi connectivity index (χ2v) is 8.03. The van der Waals surface area contributed by atoms with E-state index < -0.39 is 0 Å². The lowest BCUT2D eigenvalue weighted by atomic mass is 10.0. The molecular formula is C21H25N3O2S. The maximum absolute atomic E-state index is 12.5. The fourth-order valence-corrected chi connectivity index (χ4v) is 4.84. The molecule has 0 spiro atoms. The molecule has 5 nitrogen and oxygen atoms in total. The number of aryl methyl sites for hydroxylation is 1. The largest absolute Gasteiger partial charge is 0.497 e. The molecule has 0 aliphatic carbocycles. The van der Waals surface area contributed by atoms with Crippen molar-refractivity contribution in [2.75, 3.05) is 13.7 Å². The Hall–Kier alpha value is -2.18. The van der Waals surface area contributed by atoms with Crippen molar-refractivity contribution in [2.24, 2.45) is 0 Å². The monoisotopic (exact) mass is 383 g/mol. The summed E-state index contributed by atoms with van der Waals surface area (Å²) in [5.41, 5.74) is 3.14. The summed E-state index contributed by atoms with van der Waals surface area (Å²) in [5.74, 6) is 0.882. The zero-order valence-electron chi connectivity index (χ0n) is 15.9. The lowest BCUT2D eigenvalue weighted by Gasteiger charge is -2.30. The molecule has 27 heavy (non-hydrogen) atoms. The molecule has 0 N–H and O–H groups in total. The molecule has 1 fully saturated rings. The standard InChI is InChI=1S/C21H25N3O2S/c1-15-14-27-21-22-17(12-20(25)24(15)21)13-23-11-5-3-4-6-19(23)16-7-9-18(26-2)10-8-16/h7-10,12,14,19H,3-6,11,13H2,1-2H3. The van der Waals surface area contributed by atoms with Gasteiger partial charge in [-0.2, -0.15) is 0 Å². The minimum absolute atomic E-state index is 0.0181. The van der Waals surface area contributed by atoms with Crippen molar-refractivity contribution < 1.29 is 4.74 Å². The Balaban J connectivity index is 1.63. The molecule has 1 unspecified atom stereocenters. The van der Waals surface area contributed by atoms with Gasteiger partial charge in [0.05, 0.1) is 12.8 Å². The maximum Gasteiger partial charge on any atom is 0.259 e. The van der Waals surface area contributed by atoms with Gasteiger partial charge in [0.2, 0.25) is 0 Å². The fraction of sp³-hybridized carbons (Fsp3) is 0.429. The third kappa shape index (κ3) is 3.77. The smallest absolute Gasteiger partial charge is 0.259 e. The molecule has 1 saturated heterocycles. The van der Waals surface area contributed by atoms with Crippen LogP contribution in [0, 0.1) is 6.92 Å². The summed E-state index contributed by atoms with van der Waals surface area (Å²) in [4.78, 5) is 20.5. The first-order chi connectivity index (χ1) is 13.2. The van der Waals surface area contributed by atoms with Crippen LogP contribution in [0.15, 0.2) is 40.5 Å². The topological polar surface area (TPSA) is 46.8 Å². The van der Waals surface area contributed by atoms with Crippen LogP contribution in [0.2, 0.25) is 0 Å². The van der Waals surface area contributed by atoms with Gasteiger partial charge in [-0.3, -0.25) is 14.1 Å². The predicted molar refractivity (Wildman–Crippen MR) is 109 cm³/mol. The van der Waals surface area contributed by atoms with Crippen LogP contribution in [0.4, 0.5) is 0 Å². The fourth-order valence-electron chi connectivity index (χ4n) is 3.95. The summed E-state index contributed by atoms with van der Waals surface area (Å²) in [6.45, 7) is 3.68. The number of ether oxygens (including phenoxy) is 1. The van der Waals surface area contributed by atoms with Crippen molar-refractivity contribution in [3.8, 4) is 5.75 Å². The number of methoxy groups -OCH3 is 1. The molecule has 3 heterocycles. The average molecular weight is 384 g/mol. The van der Waals surface area contributed by atoms with Crippen LogP contribution in [-0.2, 0) is 6.54 Å². The molecule has 1 atom stereocenters. The van der Waals surface area contributed by atoms with Gasteiger partial charge < -0.3 is 4.74 Å². The van der Waals surface area contributed by atoms with Crippen LogP contribution < -0.4 is 10.3 Å². The molecule has 2 aromatic heterocycles. The Morgan fingerprint density at radius 2 is 2.04 bits per heavy atom. The van der Waals surface area contributed by atoms with Crippen molar-refractivity contribution in [2.45, 2.75) is 45.2 Å². The van der Waals surface area contributed by atoms with E-state index in [0.29, 0.717) is 12.6 Å². The normalized spacial score (nSPS) is 18.5. The number of aromatic nitrogens is 2. The van der Waals surface area contributed by atoms with E-state index >= 15 is 0 Å². The highest BCUT2D eigenvalue weighted by molar-refractivity contribution is 7.15. The molecule has 0 amide bonds. The Kier molecular flexibility index (Phi) is 5.27. The molecule has 0 radical (unpaired) electrons. The van der Waals surface area contributed by atoms with Crippen LogP contribution in [0.25, 0.3) is 4.96 Å². The van der Waals surface area contributed by atoms with Gasteiger partial charge >= 0.3 is 0 Å². The summed E-state index contributed by atoms with van der Waals surface area (Å²) in [7, 11) is 1.69. The molecule has 0 bridgehead atoms. The van der Waals surface area contributed by atoms with E-state index in [9.17, 15) is 4.79 Å². The van der Waals surface area contributed by atoms with Gasteiger partial charge in [0.25, 0.3) is 5.56 Å². The molecule has 0 saturated carbocycles. The van der Waals surface area contributed by atoms with Gasteiger partial charge in [0, 0.05) is 29.7 Å². The first-order valence-electron chi connectivity index (χ1n) is 9.50. The van der Waals surface area contributed by atoms with E-state index in [1.54, 1.807) is 17.6 Å². The highest BCUT2D eigenvalue weighted by Gasteiger charge is 2.23. The number of hydrogen-bond donors (Lipinski definition) is 0. The van der Waals surface area contributed by atoms with E-state index in [-0.39, 0.29) is 5.56 Å². The molecule has 3 aromatic rings. The maximum atomic E-state index is 12.5. The zero-order valence-corrected chi connectivity index (χ0v) is 16.7. The van der Waals surface area contributed by atoms with E-state index in [4.69, 9.17) is 9.72 Å². The molecular weight excluding hydrogens is 358 g/mol. The van der Waals surface area contributed by atoms with Gasteiger partial charge in [-0.05, 0) is 44.0 Å². The summed E-state index contributed by atoms with van der Waals surface area (Å²) < 4.78 is 6.99. The van der Waals surface area contributed by atoms with Crippen molar-refractivity contribution >= 4 is 16.3 Å². The molecule has 1 aliphatic heterocycles. The Morgan fingerprint density at radius 1 is 1.22 bits per heavy atom. The highest BCUT2D eigenvalue weighted by Crippen LogP contribution is 2.32. The van der Waals surface area contributed by atoms with Gasteiger partial charge in [-0.1, -0.05) is 25.0 Å². The predicted octanol–water partition coefficient (Wildman–Crippen LogP) is 4.19. The Labute approximate surface area is 163 Å². The summed E-state index contributed by atoms with van der Waals surface area (Å²) in [5, 5.41) is 1.99. The van der Waals surface area contributed by atoms with Gasteiger partial charge in [0.15, 0.2) is 4.96 Å². The van der Waals surface area contributed by atoms with E-state index in [2.05, 4.69) is 17.0 Å². The van der Waals surface area contributed by atoms with Crippen molar-refractivity contribution in [3.63, 3.8) is 0 Å². The summed E-state index contributed by atoms with van der Waals surface area (Å²) in [6.07, 6.45) is 4.80. The second-order valence-electron chi connectivity index (χ2n) is 7.19. The number of nitrogens with zero attached hydrogens (tertiary/aromatic N) is 3. The van der Waals surface area contributed by atoms with Crippen LogP contribution in [0.3, 0.4) is 0 Å². The van der Waals surface area contributed by atoms with Crippen LogP contribution in [0.5, 0.6) is 5.75 Å². The third-order valence-corrected chi connectivity index (χ3v) is 6.30.